The number of aryl methyl sites for hydroxylation is 1. The van der Waals surface area contributed by atoms with Crippen molar-refractivity contribution in [3.8, 4) is 17.6 Å². The van der Waals surface area contributed by atoms with E-state index in [9.17, 15) is 43.2 Å². The Bertz CT molecular complexity index is 1950. The minimum atomic E-state index is -3.86. The maximum absolute atomic E-state index is 14.1. The van der Waals surface area contributed by atoms with Crippen molar-refractivity contribution >= 4 is 33.2 Å². The van der Waals surface area contributed by atoms with Gasteiger partial charge in [0.15, 0.2) is 11.4 Å². The number of allylic oxidation sites excluding steroid dienone is 1. The second kappa shape index (κ2) is 11.8. The maximum atomic E-state index is 14.1. The molecule has 0 fully saturated rings. The van der Waals surface area contributed by atoms with E-state index >= 15 is 0 Å². The van der Waals surface area contributed by atoms with E-state index in [1.807, 2.05) is 6.92 Å². The van der Waals surface area contributed by atoms with Crippen LogP contribution in [-0.2, 0) is 26.0 Å². The molecule has 14 heteroatoms. The molecule has 3 aliphatic carbocycles. The van der Waals surface area contributed by atoms with E-state index in [1.54, 1.807) is 51.3 Å². The summed E-state index contributed by atoms with van der Waals surface area (Å²) in [5.74, 6) is -2.09. The third-order valence-electron chi connectivity index (χ3n) is 9.09. The van der Waals surface area contributed by atoms with Crippen LogP contribution in [-0.4, -0.2) is 97.6 Å². The van der Waals surface area contributed by atoms with E-state index in [-0.39, 0.29) is 41.0 Å². The summed E-state index contributed by atoms with van der Waals surface area (Å²) in [5, 5.41) is 45.6. The fourth-order valence-corrected chi connectivity index (χ4v) is 7.79. The molecule has 248 valence electrons. The number of phenols is 1. The Morgan fingerprint density at radius 2 is 1.74 bits per heavy atom. The van der Waals surface area contributed by atoms with Crippen molar-refractivity contribution in [3.63, 3.8) is 0 Å². The number of aliphatic hydroxyl groups is 3. The number of hydrogen-bond donors (Lipinski definition) is 6. The number of Topliss-reactive ketones (excluding diaryl/α,β-unsaturated/α-hetero) is 2. The van der Waals surface area contributed by atoms with Crippen LogP contribution in [0.4, 0.5) is 5.69 Å². The maximum Gasteiger partial charge on any atom is 0.255 e. The highest BCUT2D eigenvalue weighted by molar-refractivity contribution is 7.89. The number of carbonyl (C=O) groups is 3. The van der Waals surface area contributed by atoms with Gasteiger partial charge in [0.25, 0.3) is 5.91 Å². The first-order valence-corrected chi connectivity index (χ1v) is 16.2. The zero-order chi connectivity index (χ0) is 34.7. The molecule has 0 aliphatic heterocycles. The van der Waals surface area contributed by atoms with Crippen molar-refractivity contribution < 1.29 is 43.2 Å². The van der Waals surface area contributed by atoms with Gasteiger partial charge in [0.2, 0.25) is 15.8 Å². The third kappa shape index (κ3) is 5.35. The first-order valence-electron chi connectivity index (χ1n) is 14.7. The lowest BCUT2D eigenvalue weighted by atomic mass is 9.58. The summed E-state index contributed by atoms with van der Waals surface area (Å²) in [7, 11) is 2.71. The molecule has 13 nitrogen and oxygen atoms in total. The number of fused-ring (bicyclic) bond motifs is 3. The number of phenolic OH excluding ortho intramolecular Hbond substituents is 1. The lowest BCUT2D eigenvalue weighted by Gasteiger charge is -2.50. The normalized spacial score (nSPS) is 23.9. The molecule has 3 aliphatic rings. The quantitative estimate of drug-likeness (QED) is 0.188. The fraction of sp³-hybridized carbons (Fsp3) is 0.364. The number of likely N-dealkylation sites (N-methyl/N-ethyl adjacent to an activating group) is 1. The average Bonchev–Trinajstić information content (AvgIpc) is 2.97. The van der Waals surface area contributed by atoms with E-state index in [4.69, 9.17) is 5.73 Å². The number of amides is 1. The second-order valence-electron chi connectivity index (χ2n) is 12.4. The lowest BCUT2D eigenvalue weighted by molar-refractivity contribution is -0.148. The van der Waals surface area contributed by atoms with Crippen molar-refractivity contribution in [3.05, 3.63) is 75.3 Å². The Balaban J connectivity index is 1.57. The number of carbonyl (C=O) groups excluding carboxylic acids is 3. The molecule has 0 radical (unpaired) electrons. The molecule has 5 rings (SSSR count). The molecule has 4 atom stereocenters. The standard InChI is InChI=1S/C33H36N4O9S/c1-16-8-10-19(11-9-16)47(45,46)35-12-6-7-17-15-22(36(2)3)20-13-18-14-21-26(37(4)5)29(40)25(32(34)43)31(42)33(21,44)30(41)23(18)28(39)24(20)27(17)38/h8-11,15,18,21,26,35,38,40-41,44H,12-14H2,1-5H3,(H2,34,43)/t18-,21-,26-,33-/m1/s1. The third-order valence-corrected chi connectivity index (χ3v) is 10.5. The van der Waals surface area contributed by atoms with Gasteiger partial charge < -0.3 is 31.1 Å². The number of hydrogen-bond acceptors (Lipinski definition) is 11. The minimum Gasteiger partial charge on any atom is -0.510 e. The van der Waals surface area contributed by atoms with Crippen LogP contribution in [0.3, 0.4) is 0 Å². The number of nitrogens with one attached hydrogen (secondary N) is 1. The van der Waals surface area contributed by atoms with Crippen molar-refractivity contribution in [1.82, 2.24) is 9.62 Å². The van der Waals surface area contributed by atoms with Crippen LogP contribution < -0.4 is 15.4 Å². The largest absolute Gasteiger partial charge is 0.510 e. The number of primary amides is 1. The van der Waals surface area contributed by atoms with Crippen LogP contribution in [0.25, 0.3) is 0 Å². The molecular weight excluding hydrogens is 628 g/mol. The molecule has 0 aromatic heterocycles. The first kappa shape index (κ1) is 33.7. The van der Waals surface area contributed by atoms with E-state index in [0.717, 1.165) is 5.56 Å². The number of benzene rings is 2. The van der Waals surface area contributed by atoms with Gasteiger partial charge in [-0.05, 0) is 63.5 Å². The van der Waals surface area contributed by atoms with Gasteiger partial charge in [-0.1, -0.05) is 29.5 Å². The Morgan fingerprint density at radius 3 is 2.32 bits per heavy atom. The summed E-state index contributed by atoms with van der Waals surface area (Å²) in [5.41, 5.74) is 3.14. The Labute approximate surface area is 272 Å². The van der Waals surface area contributed by atoms with Gasteiger partial charge in [-0.2, -0.15) is 4.72 Å². The number of aromatic hydroxyl groups is 1. The predicted octanol–water partition coefficient (Wildman–Crippen LogP) is 0.825. The minimum absolute atomic E-state index is 0.00607. The number of nitrogens with zero attached hydrogens (tertiary/aromatic N) is 2. The highest BCUT2D eigenvalue weighted by Crippen LogP contribution is 2.53. The fourth-order valence-electron chi connectivity index (χ4n) is 6.86. The topological polar surface area (TPSA) is 211 Å². The molecule has 0 spiro atoms. The van der Waals surface area contributed by atoms with Crippen LogP contribution in [0.1, 0.15) is 33.5 Å². The predicted molar refractivity (Wildman–Crippen MR) is 171 cm³/mol. The van der Waals surface area contributed by atoms with Crippen molar-refractivity contribution in [2.45, 2.75) is 36.3 Å². The summed E-state index contributed by atoms with van der Waals surface area (Å²) in [6, 6.07) is 6.73. The van der Waals surface area contributed by atoms with Crippen molar-refractivity contribution in [2.75, 3.05) is 39.6 Å². The summed E-state index contributed by atoms with van der Waals surface area (Å²) >= 11 is 0. The van der Waals surface area contributed by atoms with Crippen LogP contribution in [0.5, 0.6) is 5.75 Å². The van der Waals surface area contributed by atoms with Gasteiger partial charge in [-0.25, -0.2) is 8.42 Å². The van der Waals surface area contributed by atoms with Gasteiger partial charge in [0.1, 0.15) is 22.8 Å². The molecule has 2 aromatic carbocycles. The van der Waals surface area contributed by atoms with Gasteiger partial charge >= 0.3 is 0 Å². The molecule has 7 N–H and O–H groups in total. The highest BCUT2D eigenvalue weighted by atomic mass is 32.2. The van der Waals surface area contributed by atoms with Crippen LogP contribution in [0, 0.1) is 30.6 Å². The molecule has 0 heterocycles. The smallest absolute Gasteiger partial charge is 0.255 e. The zero-order valence-corrected chi connectivity index (χ0v) is 27.3. The van der Waals surface area contributed by atoms with Gasteiger partial charge in [-0.3, -0.25) is 19.3 Å². The van der Waals surface area contributed by atoms with Crippen LogP contribution in [0.15, 0.2) is 57.9 Å². The lowest BCUT2D eigenvalue weighted by Crippen LogP contribution is -2.63. The molecular formula is C33H36N4O9S. The van der Waals surface area contributed by atoms with E-state index in [0.29, 0.717) is 11.3 Å². The molecule has 0 saturated carbocycles. The van der Waals surface area contributed by atoms with E-state index in [2.05, 4.69) is 16.6 Å². The van der Waals surface area contributed by atoms with Crippen LogP contribution in [0.2, 0.25) is 0 Å². The summed E-state index contributed by atoms with van der Waals surface area (Å²) in [4.78, 5) is 43.1. The highest BCUT2D eigenvalue weighted by Gasteiger charge is 2.63. The number of aliphatic hydroxyl groups excluding tert-OH is 2. The van der Waals surface area contributed by atoms with E-state index < -0.39 is 73.8 Å². The number of rotatable bonds is 6. The zero-order valence-electron chi connectivity index (χ0n) is 26.5. The SMILES string of the molecule is Cc1ccc(S(=O)(=O)NCC#Cc2cc(N(C)C)c3c(c2O)C(=O)C2=C(O)[C@@]4(O)C(=O)C(C(N)=O)=C(O)[C@H](N(C)C)[C@H]4C[C@H]2C3)cc1. The summed E-state index contributed by atoms with van der Waals surface area (Å²) < 4.78 is 27.7. The summed E-state index contributed by atoms with van der Waals surface area (Å²) in [6.07, 6.45) is 0.0712. The number of ketones is 2. The number of anilines is 1. The average molecular weight is 665 g/mol. The van der Waals surface area contributed by atoms with Crippen LogP contribution >= 0.6 is 0 Å². The molecule has 0 unspecified atom stereocenters. The summed E-state index contributed by atoms with van der Waals surface area (Å²) in [6.45, 7) is 1.52. The Morgan fingerprint density at radius 1 is 1.11 bits per heavy atom. The molecule has 0 bridgehead atoms. The molecule has 47 heavy (non-hydrogen) atoms. The van der Waals surface area contributed by atoms with Crippen molar-refractivity contribution in [1.29, 1.82) is 0 Å². The molecule has 1 amide bonds. The molecule has 0 saturated heterocycles. The molecule has 2 aromatic rings. The number of nitrogens with two attached hydrogens (primary N) is 1. The van der Waals surface area contributed by atoms with Gasteiger partial charge in [0, 0.05) is 31.3 Å². The Hall–Kier alpha value is -4.68. The van der Waals surface area contributed by atoms with E-state index in [1.165, 1.54) is 17.0 Å². The first-order chi connectivity index (χ1) is 21.9. The monoisotopic (exact) mass is 664 g/mol. The second-order valence-corrected chi connectivity index (χ2v) is 14.2. The number of sulfonamides is 1. The van der Waals surface area contributed by atoms with Gasteiger partial charge in [0.05, 0.1) is 28.6 Å². The Kier molecular flexibility index (Phi) is 8.48. The van der Waals surface area contributed by atoms with Crippen molar-refractivity contribution in [2.24, 2.45) is 17.6 Å². The van der Waals surface area contributed by atoms with Gasteiger partial charge in [-0.15, -0.1) is 0 Å².